The molecule has 2 rings (SSSR count). The maximum Gasteiger partial charge on any atom is 4.00 e. The second-order valence-corrected chi connectivity index (χ2v) is 3.23. The summed E-state index contributed by atoms with van der Waals surface area (Å²) in [7, 11) is 0. The van der Waals surface area contributed by atoms with Crippen molar-refractivity contribution in [3.05, 3.63) is 60.2 Å². The molecule has 0 saturated heterocycles. The predicted molar refractivity (Wildman–Crippen MR) is 105 cm³/mol. The second-order valence-electron chi connectivity index (χ2n) is 3.23. The number of aromatic nitrogens is 2. The smallest absolute Gasteiger partial charge is 0.746 e. The van der Waals surface area contributed by atoms with E-state index in [9.17, 15) is 0 Å². The van der Waals surface area contributed by atoms with Crippen LogP contribution in [0.4, 0.5) is 0 Å². The summed E-state index contributed by atoms with van der Waals surface area (Å²) >= 11 is 0. The Morgan fingerprint density at radius 1 is 0.667 bits per heavy atom. The van der Waals surface area contributed by atoms with E-state index in [0.717, 1.165) is 22.8 Å². The van der Waals surface area contributed by atoms with Crippen LogP contribution in [0.2, 0.25) is 0 Å². The number of hydrogen-bond acceptors (Lipinski definition) is 0. The van der Waals surface area contributed by atoms with Crippen LogP contribution in [0.5, 0.6) is 0 Å². The molecule has 2 nitrogen and oxygen atoms in total. The Balaban J connectivity index is -0.000000196. The van der Waals surface area contributed by atoms with Crippen LogP contribution >= 0.6 is 0 Å². The molecule has 0 spiro atoms. The van der Waals surface area contributed by atoms with Gasteiger partial charge in [0, 0.05) is 0 Å². The van der Waals surface area contributed by atoms with E-state index in [1.807, 2.05) is 79.7 Å². The zero-order valence-electron chi connectivity index (χ0n) is 16.5. The van der Waals surface area contributed by atoms with Gasteiger partial charge in [0.05, 0.1) is 0 Å². The van der Waals surface area contributed by atoms with Crippen LogP contribution in [0.3, 0.4) is 0 Å². The van der Waals surface area contributed by atoms with Gasteiger partial charge in [-0.3, -0.25) is 25.3 Å². The Bertz CT molecular complexity index is 437. The molecule has 0 aliphatic rings. The molecule has 2 aromatic heterocycles. The van der Waals surface area contributed by atoms with Gasteiger partial charge in [0.2, 0.25) is 0 Å². The maximum absolute atomic E-state index is 5.36. The summed E-state index contributed by atoms with van der Waals surface area (Å²) < 4.78 is 0. The van der Waals surface area contributed by atoms with Gasteiger partial charge in [0.25, 0.3) is 0 Å². The molecule has 0 N–H and O–H groups in total. The van der Waals surface area contributed by atoms with Crippen LogP contribution in [0.1, 0.15) is 78.2 Å². The van der Waals surface area contributed by atoms with E-state index < -0.39 is 0 Å². The van der Waals surface area contributed by atoms with Crippen molar-refractivity contribution >= 4 is 12.2 Å². The van der Waals surface area contributed by atoms with E-state index in [1.54, 1.807) is 0 Å². The van der Waals surface area contributed by atoms with Crippen LogP contribution in [-0.2, 0) is 27.5 Å². The van der Waals surface area contributed by atoms with E-state index in [1.165, 1.54) is 12.2 Å². The van der Waals surface area contributed by atoms with Crippen molar-refractivity contribution in [3.63, 3.8) is 0 Å². The summed E-state index contributed by atoms with van der Waals surface area (Å²) in [5.41, 5.74) is 3.52. The maximum atomic E-state index is 5.36. The Morgan fingerprint density at radius 3 is 1.17 bits per heavy atom. The first kappa shape index (κ1) is 30.6. The standard InChI is InChI=1S/C13H10N2.4C2H6.Pt/c1-3-10-5-7-12(14-10)9-13-8-6-11(4-2)15-13;4*1-2;/h1-8H,9H2;4*1-2H3;/q-4;;;;;+4. The molecule has 0 saturated carbocycles. The molecule has 24 heavy (non-hydrogen) atoms. The molecule has 0 amide bonds. The van der Waals surface area contributed by atoms with Gasteiger partial charge in [0.1, 0.15) is 0 Å². The molecule has 3 heteroatoms. The van der Waals surface area contributed by atoms with Crippen LogP contribution in [0.25, 0.3) is 12.2 Å². The van der Waals surface area contributed by atoms with Gasteiger partial charge in [-0.25, -0.2) is 0 Å². The molecular weight excluding hydrogens is 475 g/mol. The zero-order valence-corrected chi connectivity index (χ0v) is 18.8. The molecular formula is C21H34N2Pt. The second kappa shape index (κ2) is 24.0. The van der Waals surface area contributed by atoms with E-state index in [4.69, 9.17) is 13.2 Å². The Labute approximate surface area is 165 Å². The van der Waals surface area contributed by atoms with Crippen molar-refractivity contribution in [2.45, 2.75) is 61.8 Å². The minimum atomic E-state index is 0. The molecule has 0 aliphatic carbocycles. The van der Waals surface area contributed by atoms with Gasteiger partial charge in [0.15, 0.2) is 0 Å². The van der Waals surface area contributed by atoms with E-state index >= 15 is 0 Å². The Morgan fingerprint density at radius 2 is 0.958 bits per heavy atom. The van der Waals surface area contributed by atoms with Crippen molar-refractivity contribution < 1.29 is 21.1 Å². The molecule has 2 aromatic rings. The van der Waals surface area contributed by atoms with Gasteiger partial charge in [-0.05, 0) is 6.42 Å². The fourth-order valence-electron chi connectivity index (χ4n) is 1.41. The minimum absolute atomic E-state index is 0. The first-order valence-corrected chi connectivity index (χ1v) is 8.67. The third-order valence-electron chi connectivity index (χ3n) is 2.14. The average molecular weight is 510 g/mol. The zero-order chi connectivity index (χ0) is 18.7. The summed E-state index contributed by atoms with van der Waals surface area (Å²) in [6.45, 7) is 26.7. The Kier molecular flexibility index (Phi) is 30.6. The van der Waals surface area contributed by atoms with Crippen LogP contribution in [0.15, 0.2) is 24.3 Å². The number of hydrogen-bond donors (Lipinski definition) is 0. The summed E-state index contributed by atoms with van der Waals surface area (Å²) in [6, 6.07) is 7.65. The normalized spacial score (nSPS) is 7.33. The monoisotopic (exact) mass is 509 g/mol. The van der Waals surface area contributed by atoms with Gasteiger partial charge in [-0.15, -0.1) is 12.1 Å². The first-order valence-electron chi connectivity index (χ1n) is 8.67. The van der Waals surface area contributed by atoms with Gasteiger partial charge < -0.3 is 21.4 Å². The van der Waals surface area contributed by atoms with E-state index in [-0.39, 0.29) is 21.1 Å². The fraction of sp³-hybridized carbons (Fsp3) is 0.429. The molecule has 2 heterocycles. The topological polar surface area (TPSA) is 28.2 Å². The summed E-state index contributed by atoms with van der Waals surface area (Å²) in [5.74, 6) is 0. The third kappa shape index (κ3) is 13.2. The number of rotatable bonds is 4. The van der Waals surface area contributed by atoms with Crippen LogP contribution in [0, 0.1) is 13.2 Å². The van der Waals surface area contributed by atoms with Crippen molar-refractivity contribution in [1.29, 1.82) is 0 Å². The largest absolute Gasteiger partial charge is 4.00 e. The Hall–Kier alpha value is -1.27. The van der Waals surface area contributed by atoms with Crippen LogP contribution in [-0.4, -0.2) is 0 Å². The predicted octanol–water partition coefficient (Wildman–Crippen LogP) is 6.19. The van der Waals surface area contributed by atoms with E-state index in [2.05, 4.69) is 9.97 Å². The molecule has 0 radical (unpaired) electrons. The van der Waals surface area contributed by atoms with Gasteiger partial charge in [-0.1, -0.05) is 55.4 Å². The quantitative estimate of drug-likeness (QED) is 0.460. The molecule has 138 valence electrons. The number of nitrogens with zero attached hydrogens (tertiary/aromatic N) is 2. The summed E-state index contributed by atoms with van der Waals surface area (Å²) in [4.78, 5) is 8.59. The first-order chi connectivity index (χ1) is 11.3. The van der Waals surface area contributed by atoms with Crippen molar-refractivity contribution in [2.75, 3.05) is 0 Å². The summed E-state index contributed by atoms with van der Waals surface area (Å²) in [5, 5.41) is 0. The molecule has 0 fully saturated rings. The van der Waals surface area contributed by atoms with Crippen molar-refractivity contribution in [2.24, 2.45) is 0 Å². The van der Waals surface area contributed by atoms with E-state index in [0.29, 0.717) is 6.42 Å². The molecule has 0 unspecified atom stereocenters. The molecule has 0 aliphatic heterocycles. The third-order valence-corrected chi connectivity index (χ3v) is 2.14. The average Bonchev–Trinajstić information content (AvgIpc) is 3.31. The van der Waals surface area contributed by atoms with Crippen LogP contribution < -0.4 is 9.97 Å². The molecule has 0 atom stereocenters. The molecule has 0 bridgehead atoms. The minimum Gasteiger partial charge on any atom is -0.746 e. The summed E-state index contributed by atoms with van der Waals surface area (Å²) in [6.07, 6.45) is 3.68. The van der Waals surface area contributed by atoms with Gasteiger partial charge >= 0.3 is 21.1 Å². The van der Waals surface area contributed by atoms with Gasteiger partial charge in [-0.2, -0.15) is 23.5 Å². The fourth-order valence-corrected chi connectivity index (χ4v) is 1.41. The van der Waals surface area contributed by atoms with Crippen molar-refractivity contribution in [3.8, 4) is 0 Å². The molecule has 0 aromatic carbocycles. The SMILES string of the molecule is CC.CC.CC.CC.[CH-]=Cc1ccc(Cc2ccc(C=[CH-])[n-]2)[n-]1.[Pt+4]. The van der Waals surface area contributed by atoms with Crippen molar-refractivity contribution in [1.82, 2.24) is 9.97 Å².